The predicted molar refractivity (Wildman–Crippen MR) is 65.1 cm³/mol. The minimum absolute atomic E-state index is 0.303. The number of rotatable bonds is 5. The maximum absolute atomic E-state index is 11.3. The lowest BCUT2D eigenvalue weighted by Gasteiger charge is -2.08. The van der Waals surface area contributed by atoms with Crippen LogP contribution in [0, 0.1) is 0 Å². The van der Waals surface area contributed by atoms with Crippen LogP contribution in [-0.2, 0) is 9.53 Å². The van der Waals surface area contributed by atoms with E-state index in [0.29, 0.717) is 6.61 Å². The quantitative estimate of drug-likeness (QED) is 0.611. The molecule has 3 nitrogen and oxygen atoms in total. The van der Waals surface area contributed by atoms with Crippen LogP contribution in [0.4, 0.5) is 5.69 Å². The van der Waals surface area contributed by atoms with Crippen LogP contribution in [-0.4, -0.2) is 12.6 Å². The monoisotopic (exact) mass is 219 g/mol. The Morgan fingerprint density at radius 2 is 2.00 bits per heavy atom. The van der Waals surface area contributed by atoms with Crippen LogP contribution in [0.5, 0.6) is 0 Å². The number of ether oxygens (including phenoxy) is 1. The molecule has 1 aromatic carbocycles. The molecule has 0 radical (unpaired) electrons. The first-order valence-electron chi connectivity index (χ1n) is 5.45. The Labute approximate surface area is 96.1 Å². The summed E-state index contributed by atoms with van der Waals surface area (Å²) >= 11 is 0. The summed E-state index contributed by atoms with van der Waals surface area (Å²) in [6.45, 7) is 4.18. The van der Waals surface area contributed by atoms with Crippen molar-refractivity contribution < 1.29 is 9.53 Å². The van der Waals surface area contributed by atoms with Gasteiger partial charge in [0.2, 0.25) is 0 Å². The lowest BCUT2D eigenvalue weighted by Crippen LogP contribution is -2.05. The normalized spacial score (nSPS) is 11.0. The average molecular weight is 219 g/mol. The number of anilines is 1. The van der Waals surface area contributed by atoms with Crippen molar-refractivity contribution in [2.45, 2.75) is 20.3 Å². The third-order valence-electron chi connectivity index (χ3n) is 2.04. The molecule has 0 amide bonds. The highest BCUT2D eigenvalue weighted by Crippen LogP contribution is 2.11. The van der Waals surface area contributed by atoms with Gasteiger partial charge in [0.1, 0.15) is 0 Å². The smallest absolute Gasteiger partial charge is 0.332 e. The molecule has 86 valence electrons. The second-order valence-electron chi connectivity index (χ2n) is 3.27. The summed E-state index contributed by atoms with van der Waals surface area (Å²) in [7, 11) is 0. The highest BCUT2D eigenvalue weighted by molar-refractivity contribution is 5.83. The van der Waals surface area contributed by atoms with Crippen LogP contribution in [0.1, 0.15) is 20.3 Å². The van der Waals surface area contributed by atoms with Gasteiger partial charge in [-0.25, -0.2) is 4.79 Å². The highest BCUT2D eigenvalue weighted by atomic mass is 16.5. The highest BCUT2D eigenvalue weighted by Gasteiger charge is 2.00. The van der Waals surface area contributed by atoms with Crippen molar-refractivity contribution in [2.75, 3.05) is 11.9 Å². The number of allylic oxidation sites excluding steroid dienone is 1. The molecule has 1 N–H and O–H groups in total. The summed E-state index contributed by atoms with van der Waals surface area (Å²) in [4.78, 5) is 11.3. The van der Waals surface area contributed by atoms with E-state index in [1.54, 1.807) is 6.92 Å². The molecule has 1 aromatic rings. The minimum atomic E-state index is -0.303. The summed E-state index contributed by atoms with van der Waals surface area (Å²) in [6, 6.07) is 9.75. The second-order valence-corrected chi connectivity index (χ2v) is 3.27. The van der Waals surface area contributed by atoms with Gasteiger partial charge in [0.15, 0.2) is 0 Å². The van der Waals surface area contributed by atoms with E-state index in [9.17, 15) is 4.79 Å². The number of para-hydroxylation sites is 1. The molecule has 0 fully saturated rings. The molecule has 0 saturated carbocycles. The zero-order chi connectivity index (χ0) is 11.8. The van der Waals surface area contributed by atoms with Crippen molar-refractivity contribution in [1.82, 2.24) is 0 Å². The van der Waals surface area contributed by atoms with Crippen molar-refractivity contribution in [2.24, 2.45) is 0 Å². The van der Waals surface area contributed by atoms with Gasteiger partial charge in [0, 0.05) is 17.5 Å². The van der Waals surface area contributed by atoms with E-state index in [0.717, 1.165) is 17.8 Å². The average Bonchev–Trinajstić information content (AvgIpc) is 2.30. The molecule has 0 saturated heterocycles. The first-order valence-corrected chi connectivity index (χ1v) is 5.45. The standard InChI is InChI=1S/C13H17NO2/c1-3-11(10-13(15)16-4-2)14-12-8-6-5-7-9-12/h5-10,14H,3-4H2,1-2H3/b11-10-. The van der Waals surface area contributed by atoms with Crippen LogP contribution in [0.3, 0.4) is 0 Å². The first kappa shape index (κ1) is 12.3. The molecular weight excluding hydrogens is 202 g/mol. The van der Waals surface area contributed by atoms with Crippen molar-refractivity contribution in [3.8, 4) is 0 Å². The molecule has 0 heterocycles. The van der Waals surface area contributed by atoms with E-state index in [1.165, 1.54) is 6.08 Å². The Balaban J connectivity index is 2.65. The van der Waals surface area contributed by atoms with Gasteiger partial charge in [0.05, 0.1) is 6.61 Å². The summed E-state index contributed by atoms with van der Waals surface area (Å²) in [5.41, 5.74) is 1.82. The van der Waals surface area contributed by atoms with Crippen LogP contribution in [0.25, 0.3) is 0 Å². The van der Waals surface area contributed by atoms with Gasteiger partial charge in [0.25, 0.3) is 0 Å². The van der Waals surface area contributed by atoms with Gasteiger partial charge in [-0.1, -0.05) is 25.1 Å². The van der Waals surface area contributed by atoms with Gasteiger partial charge in [-0.2, -0.15) is 0 Å². The molecule has 1 rings (SSSR count). The predicted octanol–water partition coefficient (Wildman–Crippen LogP) is 2.96. The van der Waals surface area contributed by atoms with Crippen LogP contribution < -0.4 is 5.32 Å². The van der Waals surface area contributed by atoms with Gasteiger partial charge in [-0.15, -0.1) is 0 Å². The zero-order valence-corrected chi connectivity index (χ0v) is 9.69. The Bertz CT molecular complexity index is 357. The lowest BCUT2D eigenvalue weighted by molar-refractivity contribution is -0.137. The van der Waals surface area contributed by atoms with Crippen molar-refractivity contribution in [3.63, 3.8) is 0 Å². The number of hydrogen-bond acceptors (Lipinski definition) is 3. The van der Waals surface area contributed by atoms with E-state index < -0.39 is 0 Å². The molecule has 3 heteroatoms. The number of carbonyl (C=O) groups is 1. The van der Waals surface area contributed by atoms with Crippen LogP contribution >= 0.6 is 0 Å². The molecule has 0 aliphatic rings. The van der Waals surface area contributed by atoms with Gasteiger partial charge in [-0.05, 0) is 25.5 Å². The van der Waals surface area contributed by atoms with E-state index in [4.69, 9.17) is 4.74 Å². The van der Waals surface area contributed by atoms with E-state index in [2.05, 4.69) is 5.32 Å². The Morgan fingerprint density at radius 3 is 2.56 bits per heavy atom. The molecule has 0 aliphatic heterocycles. The van der Waals surface area contributed by atoms with Crippen molar-refractivity contribution in [1.29, 1.82) is 0 Å². The molecule has 0 spiro atoms. The Morgan fingerprint density at radius 1 is 1.31 bits per heavy atom. The Kier molecular flexibility index (Phi) is 5.12. The molecule has 16 heavy (non-hydrogen) atoms. The number of nitrogens with one attached hydrogen (secondary N) is 1. The molecule has 0 aromatic heterocycles. The zero-order valence-electron chi connectivity index (χ0n) is 9.69. The number of benzene rings is 1. The fourth-order valence-corrected chi connectivity index (χ4v) is 1.26. The number of carbonyl (C=O) groups excluding carboxylic acids is 1. The van der Waals surface area contributed by atoms with E-state index in [1.807, 2.05) is 37.3 Å². The maximum atomic E-state index is 11.3. The molecule has 0 atom stereocenters. The Hall–Kier alpha value is -1.77. The summed E-state index contributed by atoms with van der Waals surface area (Å²) in [5.74, 6) is -0.303. The third-order valence-corrected chi connectivity index (χ3v) is 2.04. The largest absolute Gasteiger partial charge is 0.463 e. The van der Waals surface area contributed by atoms with Crippen LogP contribution in [0.15, 0.2) is 42.1 Å². The van der Waals surface area contributed by atoms with Crippen LogP contribution in [0.2, 0.25) is 0 Å². The van der Waals surface area contributed by atoms with E-state index in [-0.39, 0.29) is 5.97 Å². The lowest BCUT2D eigenvalue weighted by atomic mass is 10.2. The van der Waals surface area contributed by atoms with Crippen molar-refractivity contribution in [3.05, 3.63) is 42.1 Å². The fraction of sp³-hybridized carbons (Fsp3) is 0.308. The summed E-state index contributed by atoms with van der Waals surface area (Å²) in [5, 5.41) is 3.18. The molecular formula is C13H17NO2. The topological polar surface area (TPSA) is 38.3 Å². The fourth-order valence-electron chi connectivity index (χ4n) is 1.26. The van der Waals surface area contributed by atoms with E-state index >= 15 is 0 Å². The minimum Gasteiger partial charge on any atom is -0.463 e. The van der Waals surface area contributed by atoms with Gasteiger partial charge < -0.3 is 10.1 Å². The molecule has 0 unspecified atom stereocenters. The molecule has 0 aliphatic carbocycles. The van der Waals surface area contributed by atoms with Gasteiger partial charge >= 0.3 is 5.97 Å². The summed E-state index contributed by atoms with van der Waals surface area (Å²) in [6.07, 6.45) is 2.25. The molecule has 0 bridgehead atoms. The third kappa shape index (κ3) is 4.17. The number of hydrogen-bond donors (Lipinski definition) is 1. The SMILES string of the molecule is CCOC(=O)/C=C(/CC)Nc1ccccc1. The second kappa shape index (κ2) is 6.67. The summed E-state index contributed by atoms with van der Waals surface area (Å²) < 4.78 is 4.86. The number of esters is 1. The maximum Gasteiger partial charge on any atom is 0.332 e. The van der Waals surface area contributed by atoms with Crippen molar-refractivity contribution >= 4 is 11.7 Å². The van der Waals surface area contributed by atoms with Gasteiger partial charge in [-0.3, -0.25) is 0 Å². The first-order chi connectivity index (χ1) is 7.76.